The fourth-order valence-corrected chi connectivity index (χ4v) is 3.32. The summed E-state index contributed by atoms with van der Waals surface area (Å²) < 4.78 is 5.95. The van der Waals surface area contributed by atoms with E-state index >= 15 is 0 Å². The summed E-state index contributed by atoms with van der Waals surface area (Å²) in [6, 6.07) is 17.8. The molecule has 2 N–H and O–H groups in total. The summed E-state index contributed by atoms with van der Waals surface area (Å²) in [7, 11) is 0. The molecule has 0 spiro atoms. The lowest BCUT2D eigenvalue weighted by Gasteiger charge is -2.12. The molecule has 4 rings (SSSR count). The van der Waals surface area contributed by atoms with Gasteiger partial charge >= 0.3 is 11.9 Å². The van der Waals surface area contributed by atoms with Crippen LogP contribution in [-0.4, -0.2) is 22.2 Å². The van der Waals surface area contributed by atoms with Crippen molar-refractivity contribution >= 4 is 11.9 Å². The summed E-state index contributed by atoms with van der Waals surface area (Å²) in [5.74, 6) is -1.70. The monoisotopic (exact) mass is 346 g/mol. The predicted octanol–water partition coefficient (Wildman–Crippen LogP) is 4.45. The molecule has 3 aromatic carbocycles. The molecular formula is C21H14O5. The number of carbonyl (C=O) groups is 2. The van der Waals surface area contributed by atoms with Crippen molar-refractivity contribution in [2.75, 3.05) is 0 Å². The van der Waals surface area contributed by atoms with Gasteiger partial charge in [-0.1, -0.05) is 36.4 Å². The highest BCUT2D eigenvalue weighted by Crippen LogP contribution is 2.43. The van der Waals surface area contributed by atoms with Gasteiger partial charge in [-0.25, -0.2) is 9.59 Å². The fourth-order valence-electron chi connectivity index (χ4n) is 3.32. The molecule has 0 aromatic heterocycles. The number of hydrogen-bond donors (Lipinski definition) is 2. The van der Waals surface area contributed by atoms with Crippen molar-refractivity contribution in [3.63, 3.8) is 0 Å². The van der Waals surface area contributed by atoms with Gasteiger partial charge in [-0.05, 0) is 47.4 Å². The van der Waals surface area contributed by atoms with Crippen molar-refractivity contribution in [1.82, 2.24) is 0 Å². The smallest absolute Gasteiger partial charge is 0.336 e. The molecule has 3 aromatic rings. The maximum absolute atomic E-state index is 11.4. The average molecular weight is 346 g/mol. The minimum absolute atomic E-state index is 0.270. The SMILES string of the molecule is O=C(O)c1ccc(Oc2cccc3c2-c2ccccc2C3)cc1C(=O)O. The van der Waals surface area contributed by atoms with Crippen LogP contribution in [-0.2, 0) is 6.42 Å². The molecule has 0 fully saturated rings. The highest BCUT2D eigenvalue weighted by atomic mass is 16.5. The van der Waals surface area contributed by atoms with Crippen LogP contribution in [0.2, 0.25) is 0 Å². The summed E-state index contributed by atoms with van der Waals surface area (Å²) in [5, 5.41) is 18.4. The number of fused-ring (bicyclic) bond motifs is 3. The van der Waals surface area contributed by atoms with Gasteiger partial charge in [0.15, 0.2) is 0 Å². The van der Waals surface area contributed by atoms with Gasteiger partial charge in [0.1, 0.15) is 11.5 Å². The van der Waals surface area contributed by atoms with Crippen LogP contribution in [0, 0.1) is 0 Å². The summed E-state index contributed by atoms with van der Waals surface area (Å²) in [6.45, 7) is 0. The Hall–Kier alpha value is -3.60. The van der Waals surface area contributed by atoms with Gasteiger partial charge in [0.25, 0.3) is 0 Å². The lowest BCUT2D eigenvalue weighted by molar-refractivity contribution is 0.0651. The van der Waals surface area contributed by atoms with E-state index in [0.717, 1.165) is 23.1 Å². The summed E-state index contributed by atoms with van der Waals surface area (Å²) >= 11 is 0. The number of carboxylic acid groups (broad SMARTS) is 2. The third-order valence-electron chi connectivity index (χ3n) is 4.46. The molecule has 0 bridgehead atoms. The summed E-state index contributed by atoms with van der Waals surface area (Å²) in [6.07, 6.45) is 0.820. The molecule has 5 heteroatoms. The molecule has 26 heavy (non-hydrogen) atoms. The Morgan fingerprint density at radius 1 is 0.808 bits per heavy atom. The minimum atomic E-state index is -1.31. The molecule has 0 amide bonds. The van der Waals surface area contributed by atoms with Gasteiger partial charge in [-0.2, -0.15) is 0 Å². The topological polar surface area (TPSA) is 83.8 Å². The summed E-state index contributed by atoms with van der Waals surface area (Å²) in [5.41, 5.74) is 3.87. The fraction of sp³-hybridized carbons (Fsp3) is 0.0476. The Morgan fingerprint density at radius 3 is 2.31 bits per heavy atom. The number of benzene rings is 3. The van der Waals surface area contributed by atoms with E-state index in [2.05, 4.69) is 6.07 Å². The Labute approximate surface area is 149 Å². The molecule has 0 aliphatic heterocycles. The van der Waals surface area contributed by atoms with Gasteiger partial charge in [-0.15, -0.1) is 0 Å². The highest BCUT2D eigenvalue weighted by molar-refractivity contribution is 6.02. The van der Waals surface area contributed by atoms with Gasteiger partial charge in [0.2, 0.25) is 0 Å². The lowest BCUT2D eigenvalue weighted by Crippen LogP contribution is -2.08. The second kappa shape index (κ2) is 6.04. The number of aromatic carboxylic acids is 2. The molecule has 0 atom stereocenters. The Morgan fingerprint density at radius 2 is 1.54 bits per heavy atom. The van der Waals surface area contributed by atoms with Crippen LogP contribution in [0.3, 0.4) is 0 Å². The van der Waals surface area contributed by atoms with E-state index in [1.54, 1.807) is 0 Å². The Bertz CT molecular complexity index is 1050. The first-order valence-corrected chi connectivity index (χ1v) is 8.03. The van der Waals surface area contributed by atoms with Crippen molar-refractivity contribution in [2.24, 2.45) is 0 Å². The molecule has 128 valence electrons. The molecule has 0 saturated heterocycles. The van der Waals surface area contributed by atoms with Crippen LogP contribution < -0.4 is 4.74 Å². The van der Waals surface area contributed by atoms with Crippen molar-refractivity contribution < 1.29 is 24.5 Å². The quantitative estimate of drug-likeness (QED) is 0.570. The van der Waals surface area contributed by atoms with E-state index in [0.29, 0.717) is 5.75 Å². The number of carboxylic acids is 2. The van der Waals surface area contributed by atoms with E-state index < -0.39 is 11.9 Å². The van der Waals surface area contributed by atoms with Crippen LogP contribution >= 0.6 is 0 Å². The molecule has 1 aliphatic rings. The molecule has 5 nitrogen and oxygen atoms in total. The van der Waals surface area contributed by atoms with Gasteiger partial charge in [0.05, 0.1) is 11.1 Å². The van der Waals surface area contributed by atoms with Crippen molar-refractivity contribution in [3.05, 3.63) is 82.9 Å². The third kappa shape index (κ3) is 2.59. The zero-order valence-electron chi connectivity index (χ0n) is 13.6. The van der Waals surface area contributed by atoms with E-state index in [1.807, 2.05) is 36.4 Å². The highest BCUT2D eigenvalue weighted by Gasteiger charge is 2.23. The van der Waals surface area contributed by atoms with Gasteiger partial charge in [-0.3, -0.25) is 0 Å². The van der Waals surface area contributed by atoms with Crippen molar-refractivity contribution in [1.29, 1.82) is 0 Å². The average Bonchev–Trinajstić information content (AvgIpc) is 3.01. The Kier molecular flexibility index (Phi) is 3.69. The molecule has 1 aliphatic carbocycles. The van der Waals surface area contributed by atoms with E-state index in [-0.39, 0.29) is 16.9 Å². The van der Waals surface area contributed by atoms with Crippen LogP contribution in [0.4, 0.5) is 0 Å². The van der Waals surface area contributed by atoms with E-state index in [9.17, 15) is 14.7 Å². The first kappa shape index (κ1) is 15.9. The molecular weight excluding hydrogens is 332 g/mol. The van der Waals surface area contributed by atoms with Crippen molar-refractivity contribution in [2.45, 2.75) is 6.42 Å². The predicted molar refractivity (Wildman–Crippen MR) is 95.1 cm³/mol. The zero-order chi connectivity index (χ0) is 18.3. The Balaban J connectivity index is 1.77. The maximum atomic E-state index is 11.4. The van der Waals surface area contributed by atoms with Crippen LogP contribution in [0.15, 0.2) is 60.7 Å². The number of rotatable bonds is 4. The zero-order valence-corrected chi connectivity index (χ0v) is 13.6. The largest absolute Gasteiger partial charge is 0.478 e. The summed E-state index contributed by atoms with van der Waals surface area (Å²) in [4.78, 5) is 22.5. The van der Waals surface area contributed by atoms with Crippen molar-refractivity contribution in [3.8, 4) is 22.6 Å². The van der Waals surface area contributed by atoms with Crippen LogP contribution in [0.25, 0.3) is 11.1 Å². The second-order valence-corrected chi connectivity index (χ2v) is 6.04. The number of hydrogen-bond acceptors (Lipinski definition) is 3. The first-order valence-electron chi connectivity index (χ1n) is 8.03. The third-order valence-corrected chi connectivity index (χ3v) is 4.46. The number of ether oxygens (including phenoxy) is 1. The second-order valence-electron chi connectivity index (χ2n) is 6.04. The van der Waals surface area contributed by atoms with Crippen LogP contribution in [0.5, 0.6) is 11.5 Å². The van der Waals surface area contributed by atoms with Gasteiger partial charge < -0.3 is 14.9 Å². The normalized spacial score (nSPS) is 11.5. The van der Waals surface area contributed by atoms with Gasteiger partial charge in [0, 0.05) is 5.56 Å². The first-order chi connectivity index (χ1) is 12.5. The molecule has 0 saturated carbocycles. The standard InChI is InChI=1S/C21H14O5/c22-20(23)16-9-8-14(11-17(16)21(24)25)26-18-7-3-5-13-10-12-4-1-2-6-15(12)19(13)18/h1-9,11H,10H2,(H,22,23)(H,24,25). The molecule has 0 heterocycles. The van der Waals surface area contributed by atoms with Crippen LogP contribution in [0.1, 0.15) is 31.8 Å². The lowest BCUT2D eigenvalue weighted by atomic mass is 10.0. The van der Waals surface area contributed by atoms with E-state index in [4.69, 9.17) is 9.84 Å². The molecule has 0 radical (unpaired) electrons. The molecule has 0 unspecified atom stereocenters. The van der Waals surface area contributed by atoms with E-state index in [1.165, 1.54) is 23.8 Å². The maximum Gasteiger partial charge on any atom is 0.336 e. The minimum Gasteiger partial charge on any atom is -0.478 e.